The van der Waals surface area contributed by atoms with Gasteiger partial charge in [0.25, 0.3) is 5.56 Å². The van der Waals surface area contributed by atoms with Crippen LogP contribution in [0, 0.1) is 0 Å². The Morgan fingerprint density at radius 2 is 1.93 bits per heavy atom. The third-order valence-electron chi connectivity index (χ3n) is 4.24. The van der Waals surface area contributed by atoms with E-state index in [9.17, 15) is 19.5 Å². The zero-order chi connectivity index (χ0) is 19.8. The van der Waals surface area contributed by atoms with Crippen LogP contribution in [0.3, 0.4) is 0 Å². The molecule has 28 heavy (non-hydrogen) atoms. The Kier molecular flexibility index (Phi) is 4.03. The van der Waals surface area contributed by atoms with E-state index in [0.717, 1.165) is 4.68 Å². The molecule has 4 aromatic rings. The molecule has 1 atom stereocenters. The number of amides is 1. The van der Waals surface area contributed by atoms with Crippen molar-refractivity contribution in [3.05, 3.63) is 53.0 Å². The molecule has 0 radical (unpaired) electrons. The van der Waals surface area contributed by atoms with Crippen LogP contribution in [0.5, 0.6) is 0 Å². The van der Waals surface area contributed by atoms with E-state index in [2.05, 4.69) is 30.4 Å². The smallest absolute Gasteiger partial charge is 0.357 e. The van der Waals surface area contributed by atoms with Gasteiger partial charge >= 0.3 is 5.97 Å². The summed E-state index contributed by atoms with van der Waals surface area (Å²) in [7, 11) is 0. The lowest BCUT2D eigenvalue weighted by Gasteiger charge is -2.15. The average molecular weight is 379 g/mol. The van der Waals surface area contributed by atoms with Gasteiger partial charge in [0.1, 0.15) is 17.9 Å². The summed E-state index contributed by atoms with van der Waals surface area (Å²) >= 11 is 0. The molecule has 0 aliphatic rings. The lowest BCUT2D eigenvalue weighted by molar-refractivity contribution is -0.119. The van der Waals surface area contributed by atoms with Gasteiger partial charge in [-0.15, -0.1) is 0 Å². The van der Waals surface area contributed by atoms with Crippen LogP contribution in [0.4, 0.5) is 5.82 Å². The second-order valence-electron chi connectivity index (χ2n) is 5.94. The summed E-state index contributed by atoms with van der Waals surface area (Å²) in [6.45, 7) is 1.44. The minimum Gasteiger partial charge on any atom is -0.476 e. The zero-order valence-corrected chi connectivity index (χ0v) is 14.4. The van der Waals surface area contributed by atoms with E-state index in [1.54, 1.807) is 12.1 Å². The first kappa shape index (κ1) is 17.3. The molecule has 4 rings (SSSR count). The van der Waals surface area contributed by atoms with Crippen molar-refractivity contribution in [3.63, 3.8) is 0 Å². The summed E-state index contributed by atoms with van der Waals surface area (Å²) in [6.07, 6.45) is 2.65. The topological polar surface area (TPSA) is 156 Å². The number of aromatic nitrogens is 6. The van der Waals surface area contributed by atoms with Gasteiger partial charge < -0.3 is 15.4 Å². The fourth-order valence-electron chi connectivity index (χ4n) is 2.82. The van der Waals surface area contributed by atoms with E-state index in [0.29, 0.717) is 11.2 Å². The Balaban J connectivity index is 1.76. The van der Waals surface area contributed by atoms with E-state index in [4.69, 9.17) is 0 Å². The number of carboxylic acids is 1. The van der Waals surface area contributed by atoms with Crippen LogP contribution in [0.1, 0.15) is 23.5 Å². The number of rotatable bonds is 4. The second kappa shape index (κ2) is 6.54. The van der Waals surface area contributed by atoms with Crippen LogP contribution in [0.2, 0.25) is 0 Å². The highest BCUT2D eigenvalue weighted by atomic mass is 16.4. The van der Waals surface area contributed by atoms with Gasteiger partial charge in [-0.1, -0.05) is 18.2 Å². The van der Waals surface area contributed by atoms with E-state index < -0.39 is 23.5 Å². The molecule has 1 aromatic carbocycles. The molecule has 3 aromatic heterocycles. The van der Waals surface area contributed by atoms with Crippen LogP contribution < -0.4 is 10.9 Å². The summed E-state index contributed by atoms with van der Waals surface area (Å²) in [5, 5.41) is 16.3. The molecule has 11 nitrogen and oxygen atoms in total. The molecule has 0 aliphatic carbocycles. The quantitative estimate of drug-likeness (QED) is 0.473. The van der Waals surface area contributed by atoms with Gasteiger partial charge in [-0.3, -0.25) is 9.59 Å². The number of carbonyl (C=O) groups is 2. The highest BCUT2D eigenvalue weighted by molar-refractivity contribution is 6.02. The van der Waals surface area contributed by atoms with Gasteiger partial charge in [0.15, 0.2) is 17.2 Å². The third-order valence-corrected chi connectivity index (χ3v) is 4.24. The van der Waals surface area contributed by atoms with Crippen molar-refractivity contribution in [2.24, 2.45) is 0 Å². The van der Waals surface area contributed by atoms with Gasteiger partial charge in [0.05, 0.1) is 11.7 Å². The fraction of sp³-hybridized carbons (Fsp3) is 0.118. The number of nitrogens with one attached hydrogen (secondary N) is 2. The van der Waals surface area contributed by atoms with Crippen LogP contribution in [-0.2, 0) is 4.79 Å². The summed E-state index contributed by atoms with van der Waals surface area (Å²) in [4.78, 5) is 51.8. The van der Waals surface area contributed by atoms with Crippen molar-refractivity contribution >= 4 is 39.6 Å². The number of H-pyrrole nitrogens is 1. The van der Waals surface area contributed by atoms with Crippen molar-refractivity contribution in [2.45, 2.75) is 13.0 Å². The molecule has 1 amide bonds. The van der Waals surface area contributed by atoms with Gasteiger partial charge in [0.2, 0.25) is 5.91 Å². The number of nitrogens with zero attached hydrogens (tertiary/aromatic N) is 5. The normalized spacial score (nSPS) is 12.2. The molecule has 11 heteroatoms. The lowest BCUT2D eigenvalue weighted by atomic mass is 10.1. The number of carbonyl (C=O) groups excluding carboxylic acids is 1. The summed E-state index contributed by atoms with van der Waals surface area (Å²) in [5.74, 6) is -1.71. The van der Waals surface area contributed by atoms with Crippen LogP contribution in [-0.4, -0.2) is 46.7 Å². The number of fused-ring (bicyclic) bond motifs is 2. The largest absolute Gasteiger partial charge is 0.476 e. The molecule has 0 bridgehead atoms. The fourth-order valence-corrected chi connectivity index (χ4v) is 2.82. The minimum atomic E-state index is -1.30. The summed E-state index contributed by atoms with van der Waals surface area (Å²) in [6, 6.07) is 5.12. The molecular formula is C17H13N7O4. The molecule has 0 aliphatic heterocycles. The maximum absolute atomic E-state index is 12.8. The van der Waals surface area contributed by atoms with Crippen LogP contribution in [0.25, 0.3) is 21.9 Å². The number of imidazole rings is 1. The Bertz CT molecular complexity index is 1290. The molecule has 0 fully saturated rings. The first-order chi connectivity index (χ1) is 13.5. The molecular weight excluding hydrogens is 366 g/mol. The number of aromatic amines is 1. The number of hydrogen-bond donors (Lipinski definition) is 3. The Labute approximate surface area is 156 Å². The summed E-state index contributed by atoms with van der Waals surface area (Å²) in [5.41, 5.74) is -0.0920. The minimum absolute atomic E-state index is 0.160. The van der Waals surface area contributed by atoms with Crippen LogP contribution >= 0.6 is 0 Å². The number of hydrogen-bond acceptors (Lipinski definition) is 7. The van der Waals surface area contributed by atoms with Gasteiger partial charge in [-0.05, 0) is 13.0 Å². The maximum atomic E-state index is 12.8. The first-order valence-electron chi connectivity index (χ1n) is 8.17. The standard InChI is InChI=1S/C17H13N7O4/c1-8(15(25)22-14-12-13(19-6-18-12)20-7-21-14)24-16(26)10-5-3-2-4-9(10)11(23-24)17(27)28/h2-8H,1H3,(H,27,28)(H2,18,19,20,21,22,25)/t8-/m0/s1. The SMILES string of the molecule is C[C@@H](C(=O)Nc1ncnc2nc[nH]c12)n1nc(C(=O)O)c2ccccc2c1=O. The molecule has 0 saturated carbocycles. The Morgan fingerprint density at radius 3 is 2.68 bits per heavy atom. The highest BCUT2D eigenvalue weighted by Gasteiger charge is 2.23. The van der Waals surface area contributed by atoms with Crippen molar-refractivity contribution in [3.8, 4) is 0 Å². The number of anilines is 1. The van der Waals surface area contributed by atoms with Crippen LogP contribution in [0.15, 0.2) is 41.7 Å². The molecule has 3 heterocycles. The third kappa shape index (κ3) is 2.74. The van der Waals surface area contributed by atoms with E-state index in [1.807, 2.05) is 0 Å². The average Bonchev–Trinajstić information content (AvgIpc) is 3.17. The summed E-state index contributed by atoms with van der Waals surface area (Å²) < 4.78 is 0.854. The molecule has 0 saturated heterocycles. The number of carboxylic acid groups (broad SMARTS) is 1. The number of aromatic carboxylic acids is 1. The monoisotopic (exact) mass is 379 g/mol. The van der Waals surface area contributed by atoms with E-state index in [-0.39, 0.29) is 22.3 Å². The second-order valence-corrected chi connectivity index (χ2v) is 5.94. The van der Waals surface area contributed by atoms with Crippen molar-refractivity contribution in [1.29, 1.82) is 0 Å². The highest BCUT2D eigenvalue weighted by Crippen LogP contribution is 2.18. The first-order valence-corrected chi connectivity index (χ1v) is 8.17. The molecule has 0 spiro atoms. The van der Waals surface area contributed by atoms with Crippen molar-refractivity contribution in [1.82, 2.24) is 29.7 Å². The number of benzene rings is 1. The van der Waals surface area contributed by atoms with Crippen molar-refractivity contribution in [2.75, 3.05) is 5.32 Å². The van der Waals surface area contributed by atoms with Gasteiger partial charge in [-0.25, -0.2) is 24.4 Å². The van der Waals surface area contributed by atoms with E-state index in [1.165, 1.54) is 31.7 Å². The lowest BCUT2D eigenvalue weighted by Crippen LogP contribution is -2.35. The predicted molar refractivity (Wildman–Crippen MR) is 98.0 cm³/mol. The van der Waals surface area contributed by atoms with E-state index >= 15 is 0 Å². The zero-order valence-electron chi connectivity index (χ0n) is 14.4. The molecule has 140 valence electrons. The van der Waals surface area contributed by atoms with Crippen molar-refractivity contribution < 1.29 is 14.7 Å². The Hall–Kier alpha value is -4.15. The predicted octanol–water partition coefficient (Wildman–Crippen LogP) is 0.961. The van der Waals surface area contributed by atoms with Gasteiger partial charge in [-0.2, -0.15) is 5.10 Å². The van der Waals surface area contributed by atoms with Gasteiger partial charge in [0, 0.05) is 5.39 Å². The molecule has 3 N–H and O–H groups in total. The Morgan fingerprint density at radius 1 is 1.18 bits per heavy atom. The molecule has 0 unspecified atom stereocenters. The maximum Gasteiger partial charge on any atom is 0.357 e.